The molecule has 0 aliphatic carbocycles. The third-order valence-corrected chi connectivity index (χ3v) is 5.62. The summed E-state index contributed by atoms with van der Waals surface area (Å²) in [5.74, 6) is 0.401. The monoisotopic (exact) mass is 431 g/mol. The predicted octanol–water partition coefficient (Wildman–Crippen LogP) is 2.67. The van der Waals surface area contributed by atoms with Crippen LogP contribution in [-0.4, -0.2) is 62.1 Å². The number of benzene rings is 1. The first-order valence-electron chi connectivity index (χ1n) is 11.0. The van der Waals surface area contributed by atoms with Gasteiger partial charge in [0.25, 0.3) is 0 Å². The summed E-state index contributed by atoms with van der Waals surface area (Å²) in [6.45, 7) is 10.1. The predicted molar refractivity (Wildman–Crippen MR) is 118 cm³/mol. The summed E-state index contributed by atoms with van der Waals surface area (Å²) in [6, 6.07) is 5.54. The van der Waals surface area contributed by atoms with Crippen molar-refractivity contribution in [2.45, 2.75) is 40.5 Å². The van der Waals surface area contributed by atoms with Gasteiger partial charge in [-0.3, -0.25) is 14.4 Å². The van der Waals surface area contributed by atoms with Crippen LogP contribution in [0.1, 0.15) is 40.5 Å². The van der Waals surface area contributed by atoms with Crippen LogP contribution < -0.4 is 15.0 Å². The smallest absolute Gasteiger partial charge is 0.309 e. The Labute approximate surface area is 183 Å². The lowest BCUT2D eigenvalue weighted by atomic mass is 9.94. The number of nitrogens with zero attached hydrogens (tertiary/aromatic N) is 2. The molecule has 3 rings (SSSR count). The summed E-state index contributed by atoms with van der Waals surface area (Å²) in [4.78, 5) is 40.9. The standard InChI is InChI=1S/C23H33N3O5/c1-5-30-21(28)16-8-10-25(11-9-16)20(27)15-24-17-6-7-19-18(14-17)26(12-13-31-19)22(29)23(2,3)4/h6-7,14,16,24H,5,8-13,15H2,1-4H3. The van der Waals surface area contributed by atoms with Gasteiger partial charge >= 0.3 is 5.97 Å². The van der Waals surface area contributed by atoms with Crippen molar-refractivity contribution in [1.29, 1.82) is 0 Å². The molecule has 2 heterocycles. The van der Waals surface area contributed by atoms with Crippen molar-refractivity contribution in [1.82, 2.24) is 4.90 Å². The molecule has 2 aliphatic heterocycles. The number of rotatable bonds is 5. The molecule has 0 bridgehead atoms. The normalized spacial score (nSPS) is 16.9. The minimum atomic E-state index is -0.496. The number of likely N-dealkylation sites (tertiary alicyclic amines) is 1. The zero-order valence-electron chi connectivity index (χ0n) is 18.9. The number of carbonyl (C=O) groups is 3. The number of piperidine rings is 1. The van der Waals surface area contributed by atoms with Gasteiger partial charge in [0.05, 0.1) is 31.3 Å². The Morgan fingerprint density at radius 3 is 2.52 bits per heavy atom. The molecule has 2 aliphatic rings. The molecule has 2 amide bonds. The SMILES string of the molecule is CCOC(=O)C1CCN(C(=O)CNc2ccc3c(c2)N(C(=O)C(C)(C)C)CCO3)CC1. The van der Waals surface area contributed by atoms with E-state index in [1.165, 1.54) is 0 Å². The maximum atomic E-state index is 12.8. The zero-order valence-corrected chi connectivity index (χ0v) is 18.9. The summed E-state index contributed by atoms with van der Waals surface area (Å²) in [5, 5.41) is 3.17. The van der Waals surface area contributed by atoms with Crippen molar-refractivity contribution in [3.63, 3.8) is 0 Å². The number of ether oxygens (including phenoxy) is 2. The van der Waals surface area contributed by atoms with Crippen molar-refractivity contribution in [2.24, 2.45) is 11.3 Å². The second-order valence-electron chi connectivity index (χ2n) is 9.00. The van der Waals surface area contributed by atoms with Gasteiger partial charge in [-0.1, -0.05) is 20.8 Å². The van der Waals surface area contributed by atoms with Crippen LogP contribution >= 0.6 is 0 Å². The van der Waals surface area contributed by atoms with Crippen LogP contribution in [0.25, 0.3) is 0 Å². The van der Waals surface area contributed by atoms with E-state index in [0.29, 0.717) is 51.4 Å². The van der Waals surface area contributed by atoms with Crippen LogP contribution in [0.2, 0.25) is 0 Å². The third-order valence-electron chi connectivity index (χ3n) is 5.62. The largest absolute Gasteiger partial charge is 0.490 e. The maximum Gasteiger partial charge on any atom is 0.309 e. The number of anilines is 2. The van der Waals surface area contributed by atoms with Crippen molar-refractivity contribution < 1.29 is 23.9 Å². The molecule has 0 unspecified atom stereocenters. The first-order valence-corrected chi connectivity index (χ1v) is 11.0. The molecule has 0 aromatic heterocycles. The summed E-state index contributed by atoms with van der Waals surface area (Å²) >= 11 is 0. The highest BCUT2D eigenvalue weighted by molar-refractivity contribution is 5.99. The number of esters is 1. The average molecular weight is 432 g/mol. The Morgan fingerprint density at radius 1 is 1.16 bits per heavy atom. The van der Waals surface area contributed by atoms with Gasteiger partial charge in [-0.2, -0.15) is 0 Å². The van der Waals surface area contributed by atoms with Gasteiger partial charge in [-0.15, -0.1) is 0 Å². The van der Waals surface area contributed by atoms with E-state index in [9.17, 15) is 14.4 Å². The molecule has 0 atom stereocenters. The summed E-state index contributed by atoms with van der Waals surface area (Å²) in [7, 11) is 0. The van der Waals surface area contributed by atoms with E-state index in [1.807, 2.05) is 39.0 Å². The van der Waals surface area contributed by atoms with E-state index in [1.54, 1.807) is 16.7 Å². The number of fused-ring (bicyclic) bond motifs is 1. The molecule has 1 N–H and O–H groups in total. The molecule has 31 heavy (non-hydrogen) atoms. The molecule has 0 radical (unpaired) electrons. The Morgan fingerprint density at radius 2 is 1.87 bits per heavy atom. The van der Waals surface area contributed by atoms with Gasteiger partial charge in [0.1, 0.15) is 12.4 Å². The first-order chi connectivity index (χ1) is 14.7. The maximum absolute atomic E-state index is 12.8. The molecular formula is C23H33N3O5. The average Bonchev–Trinajstić information content (AvgIpc) is 2.76. The number of hydrogen-bond acceptors (Lipinski definition) is 6. The Balaban J connectivity index is 1.59. The number of amides is 2. The highest BCUT2D eigenvalue weighted by Crippen LogP contribution is 2.36. The summed E-state index contributed by atoms with van der Waals surface area (Å²) in [5.41, 5.74) is 0.980. The van der Waals surface area contributed by atoms with Gasteiger partial charge < -0.3 is 24.6 Å². The van der Waals surface area contributed by atoms with E-state index in [-0.39, 0.29) is 30.2 Å². The molecule has 0 spiro atoms. The lowest BCUT2D eigenvalue weighted by Crippen LogP contribution is -2.44. The van der Waals surface area contributed by atoms with Gasteiger partial charge in [-0.05, 0) is 38.0 Å². The van der Waals surface area contributed by atoms with E-state index in [4.69, 9.17) is 9.47 Å². The van der Waals surface area contributed by atoms with Gasteiger partial charge in [-0.25, -0.2) is 0 Å². The lowest BCUT2D eigenvalue weighted by molar-refractivity contribution is -0.151. The summed E-state index contributed by atoms with van der Waals surface area (Å²) < 4.78 is 10.8. The molecule has 0 saturated carbocycles. The van der Waals surface area contributed by atoms with Gasteiger partial charge in [0.15, 0.2) is 0 Å². The van der Waals surface area contributed by atoms with E-state index in [2.05, 4.69) is 5.32 Å². The summed E-state index contributed by atoms with van der Waals surface area (Å²) in [6.07, 6.45) is 1.26. The van der Waals surface area contributed by atoms with Crippen molar-refractivity contribution in [3.8, 4) is 5.75 Å². The molecule has 1 aromatic carbocycles. The number of nitrogens with one attached hydrogen (secondary N) is 1. The molecule has 8 heteroatoms. The topological polar surface area (TPSA) is 88.2 Å². The molecule has 8 nitrogen and oxygen atoms in total. The minimum Gasteiger partial charge on any atom is -0.490 e. The molecule has 1 aromatic rings. The van der Waals surface area contributed by atoms with Gasteiger partial charge in [0.2, 0.25) is 11.8 Å². The fraction of sp³-hybridized carbons (Fsp3) is 0.609. The quantitative estimate of drug-likeness (QED) is 0.721. The highest BCUT2D eigenvalue weighted by Gasteiger charge is 2.32. The van der Waals surface area contributed by atoms with E-state index < -0.39 is 5.41 Å². The number of carbonyl (C=O) groups excluding carboxylic acids is 3. The first kappa shape index (κ1) is 22.9. The minimum absolute atomic E-state index is 0.0149. The van der Waals surface area contributed by atoms with E-state index >= 15 is 0 Å². The van der Waals surface area contributed by atoms with Crippen LogP contribution in [0, 0.1) is 11.3 Å². The molecule has 1 saturated heterocycles. The second kappa shape index (κ2) is 9.58. The Bertz CT molecular complexity index is 825. The van der Waals surface area contributed by atoms with Crippen molar-refractivity contribution in [2.75, 3.05) is 49.6 Å². The molecule has 1 fully saturated rings. The van der Waals surface area contributed by atoms with Crippen LogP contribution in [-0.2, 0) is 19.1 Å². The Kier molecular flexibility index (Phi) is 7.08. The Hall–Kier alpha value is -2.77. The fourth-order valence-electron chi connectivity index (χ4n) is 3.86. The van der Waals surface area contributed by atoms with E-state index in [0.717, 1.165) is 11.4 Å². The van der Waals surface area contributed by atoms with Crippen molar-refractivity contribution in [3.05, 3.63) is 18.2 Å². The number of hydrogen-bond donors (Lipinski definition) is 1. The van der Waals surface area contributed by atoms with Crippen LogP contribution in [0.3, 0.4) is 0 Å². The van der Waals surface area contributed by atoms with Crippen molar-refractivity contribution >= 4 is 29.2 Å². The molecular weight excluding hydrogens is 398 g/mol. The van der Waals surface area contributed by atoms with Crippen LogP contribution in [0.15, 0.2) is 18.2 Å². The zero-order chi connectivity index (χ0) is 22.6. The molecule has 170 valence electrons. The highest BCUT2D eigenvalue weighted by atomic mass is 16.5. The fourth-order valence-corrected chi connectivity index (χ4v) is 3.86. The van der Waals surface area contributed by atoms with Crippen LogP contribution in [0.5, 0.6) is 5.75 Å². The third kappa shape index (κ3) is 5.48. The lowest BCUT2D eigenvalue weighted by Gasteiger charge is -2.34. The second-order valence-corrected chi connectivity index (χ2v) is 9.00. The van der Waals surface area contributed by atoms with Crippen LogP contribution in [0.4, 0.5) is 11.4 Å². The van der Waals surface area contributed by atoms with Gasteiger partial charge in [0, 0.05) is 24.2 Å².